The Balaban J connectivity index is 2.43. The van der Waals surface area contributed by atoms with E-state index < -0.39 is 0 Å². The molecule has 2 rings (SSSR count). The molecule has 6 heteroatoms. The minimum Gasteiger partial charge on any atom is -0.496 e. The molecule has 0 saturated heterocycles. The van der Waals surface area contributed by atoms with Gasteiger partial charge in [0, 0.05) is 23.5 Å². The molecule has 2 N–H and O–H groups in total. The van der Waals surface area contributed by atoms with E-state index in [1.54, 1.807) is 23.8 Å². The zero-order valence-corrected chi connectivity index (χ0v) is 14.3. The first kappa shape index (κ1) is 16.0. The van der Waals surface area contributed by atoms with Crippen molar-refractivity contribution in [2.24, 2.45) is 0 Å². The number of benzene rings is 1. The van der Waals surface area contributed by atoms with Crippen molar-refractivity contribution in [1.82, 2.24) is 4.90 Å². The number of ether oxygens (including phenoxy) is 1. The van der Waals surface area contributed by atoms with Crippen LogP contribution in [-0.2, 0) is 0 Å². The Morgan fingerprint density at radius 2 is 2.24 bits per heavy atom. The number of nitrogens with two attached hydrogens (primary N) is 1. The minimum absolute atomic E-state index is 0.0303. The molecule has 0 radical (unpaired) electrons. The monoisotopic (exact) mass is 324 g/mol. The van der Waals surface area contributed by atoms with E-state index >= 15 is 0 Å². The largest absolute Gasteiger partial charge is 0.496 e. The highest BCUT2D eigenvalue weighted by atomic mass is 32.2. The second-order valence-electron chi connectivity index (χ2n) is 4.90. The minimum atomic E-state index is -0.0303. The third-order valence-corrected chi connectivity index (χ3v) is 5.49. The maximum atomic E-state index is 12.7. The number of rotatable bonds is 5. The van der Waals surface area contributed by atoms with Crippen LogP contribution in [0, 0.1) is 0 Å². The van der Waals surface area contributed by atoms with E-state index in [2.05, 4.69) is 0 Å². The highest BCUT2D eigenvalue weighted by Gasteiger charge is 2.24. The molecule has 0 aliphatic heterocycles. The number of amides is 1. The van der Waals surface area contributed by atoms with Crippen molar-refractivity contribution in [2.45, 2.75) is 13.0 Å². The summed E-state index contributed by atoms with van der Waals surface area (Å²) in [6.07, 6.45) is 2.04. The summed E-state index contributed by atoms with van der Waals surface area (Å²) in [7, 11) is 3.43. The number of carbonyl (C=O) groups excluding carboxylic acids is 1. The Morgan fingerprint density at radius 3 is 2.86 bits per heavy atom. The number of methoxy groups -OCH3 is 1. The van der Waals surface area contributed by atoms with Gasteiger partial charge in [0.25, 0.3) is 5.91 Å². The normalized spacial score (nSPS) is 12.4. The zero-order valence-electron chi connectivity index (χ0n) is 12.7. The van der Waals surface area contributed by atoms with Crippen LogP contribution in [0.5, 0.6) is 5.75 Å². The number of hydrogen-bond donors (Lipinski definition) is 1. The molecule has 2 aromatic rings. The molecule has 1 heterocycles. The van der Waals surface area contributed by atoms with Gasteiger partial charge in [0.2, 0.25) is 0 Å². The Hall–Kier alpha value is -1.40. The maximum absolute atomic E-state index is 12.7. The molecule has 0 aliphatic carbocycles. The van der Waals surface area contributed by atoms with Gasteiger partial charge in [0.05, 0.1) is 18.2 Å². The average molecular weight is 324 g/mol. The van der Waals surface area contributed by atoms with Crippen LogP contribution < -0.4 is 10.5 Å². The third kappa shape index (κ3) is 2.96. The molecule has 0 saturated carbocycles. The van der Waals surface area contributed by atoms with E-state index in [4.69, 9.17) is 10.5 Å². The van der Waals surface area contributed by atoms with E-state index in [-0.39, 0.29) is 11.9 Å². The van der Waals surface area contributed by atoms with Gasteiger partial charge in [-0.05, 0) is 25.3 Å². The summed E-state index contributed by atoms with van der Waals surface area (Å²) in [6.45, 7) is 2.04. The summed E-state index contributed by atoms with van der Waals surface area (Å²) >= 11 is 3.15. The molecule has 1 aromatic carbocycles. The topological polar surface area (TPSA) is 55.6 Å². The van der Waals surface area contributed by atoms with Crippen LogP contribution in [0.25, 0.3) is 10.1 Å². The third-order valence-electron chi connectivity index (χ3n) is 3.52. The molecule has 0 aliphatic rings. The summed E-state index contributed by atoms with van der Waals surface area (Å²) in [5.74, 6) is 1.58. The second kappa shape index (κ2) is 6.58. The molecule has 1 aromatic heterocycles. The number of thiophene rings is 1. The predicted molar refractivity (Wildman–Crippen MR) is 92.7 cm³/mol. The fraction of sp³-hybridized carbons (Fsp3) is 0.400. The number of fused-ring (bicyclic) bond motifs is 1. The lowest BCUT2D eigenvalue weighted by atomic mass is 10.2. The molecule has 21 heavy (non-hydrogen) atoms. The van der Waals surface area contributed by atoms with E-state index in [0.29, 0.717) is 16.3 Å². The lowest BCUT2D eigenvalue weighted by molar-refractivity contribution is 0.0763. The first-order chi connectivity index (χ1) is 10.0. The molecule has 1 unspecified atom stereocenters. The van der Waals surface area contributed by atoms with Crippen LogP contribution in [0.15, 0.2) is 18.2 Å². The molecule has 1 atom stereocenters. The molecule has 0 spiro atoms. The average Bonchev–Trinajstić information content (AvgIpc) is 2.83. The lowest BCUT2D eigenvalue weighted by Crippen LogP contribution is -2.36. The first-order valence-corrected chi connectivity index (χ1v) is 8.83. The van der Waals surface area contributed by atoms with E-state index in [1.165, 1.54) is 11.3 Å². The van der Waals surface area contributed by atoms with Crippen molar-refractivity contribution in [3.8, 4) is 5.75 Å². The van der Waals surface area contributed by atoms with Gasteiger partial charge < -0.3 is 15.4 Å². The van der Waals surface area contributed by atoms with Crippen molar-refractivity contribution < 1.29 is 9.53 Å². The molecule has 0 bridgehead atoms. The van der Waals surface area contributed by atoms with Crippen LogP contribution in [0.2, 0.25) is 0 Å². The maximum Gasteiger partial charge on any atom is 0.266 e. The van der Waals surface area contributed by atoms with Crippen LogP contribution in [0.1, 0.15) is 16.6 Å². The summed E-state index contributed by atoms with van der Waals surface area (Å²) in [5, 5.41) is 0.833. The van der Waals surface area contributed by atoms with Crippen molar-refractivity contribution in [1.29, 1.82) is 0 Å². The highest BCUT2D eigenvalue weighted by Crippen LogP contribution is 2.39. The molecular formula is C15H20N2O2S2. The van der Waals surface area contributed by atoms with Gasteiger partial charge >= 0.3 is 0 Å². The van der Waals surface area contributed by atoms with Crippen LogP contribution in [-0.4, -0.2) is 43.0 Å². The van der Waals surface area contributed by atoms with Crippen molar-refractivity contribution in [3.63, 3.8) is 0 Å². The van der Waals surface area contributed by atoms with Gasteiger partial charge in [-0.15, -0.1) is 11.3 Å². The summed E-state index contributed by atoms with van der Waals surface area (Å²) in [6, 6.07) is 5.89. The fourth-order valence-electron chi connectivity index (χ4n) is 2.18. The van der Waals surface area contributed by atoms with Crippen LogP contribution in [0.4, 0.5) is 5.69 Å². The fourth-order valence-corrected chi connectivity index (χ4v) is 4.01. The van der Waals surface area contributed by atoms with Crippen LogP contribution in [0.3, 0.4) is 0 Å². The number of carbonyl (C=O) groups is 1. The smallest absolute Gasteiger partial charge is 0.266 e. The van der Waals surface area contributed by atoms with Gasteiger partial charge in [0.15, 0.2) is 0 Å². The van der Waals surface area contributed by atoms with Crippen molar-refractivity contribution in [2.75, 3.05) is 31.9 Å². The number of nitrogen functional groups attached to an aromatic ring is 1. The second-order valence-corrected chi connectivity index (χ2v) is 6.86. The summed E-state index contributed by atoms with van der Waals surface area (Å²) < 4.78 is 6.32. The molecule has 0 fully saturated rings. The first-order valence-electron chi connectivity index (χ1n) is 6.62. The number of hydrogen-bond acceptors (Lipinski definition) is 5. The standard InChI is InChI=1S/C15H20N2O2S2/c1-9(8-20-4)17(2)15(18)14-13(16)12-10(19-3)6-5-7-11(12)21-14/h5-7,9H,8,16H2,1-4H3. The van der Waals surface area contributed by atoms with E-state index in [0.717, 1.165) is 15.8 Å². The van der Waals surface area contributed by atoms with Gasteiger partial charge in [-0.25, -0.2) is 0 Å². The van der Waals surface area contributed by atoms with Gasteiger partial charge in [0.1, 0.15) is 10.6 Å². The molecule has 4 nitrogen and oxygen atoms in total. The van der Waals surface area contributed by atoms with Gasteiger partial charge in [-0.2, -0.15) is 11.8 Å². The summed E-state index contributed by atoms with van der Waals surface area (Å²) in [5.41, 5.74) is 6.72. The summed E-state index contributed by atoms with van der Waals surface area (Å²) in [4.78, 5) is 15.0. The molecule has 114 valence electrons. The Kier molecular flexibility index (Phi) is 5.00. The number of anilines is 1. The number of thioether (sulfide) groups is 1. The van der Waals surface area contributed by atoms with E-state index in [9.17, 15) is 4.79 Å². The number of nitrogens with zero attached hydrogens (tertiary/aromatic N) is 1. The van der Waals surface area contributed by atoms with Crippen LogP contribution >= 0.6 is 23.1 Å². The Labute approximate surface area is 133 Å². The van der Waals surface area contributed by atoms with Crippen molar-refractivity contribution >= 4 is 44.8 Å². The molecular weight excluding hydrogens is 304 g/mol. The Bertz CT molecular complexity index is 654. The predicted octanol–water partition coefficient (Wildman–Crippen LogP) is 3.32. The quantitative estimate of drug-likeness (QED) is 0.917. The van der Waals surface area contributed by atoms with Gasteiger partial charge in [-0.3, -0.25) is 4.79 Å². The molecule has 1 amide bonds. The Morgan fingerprint density at radius 1 is 1.52 bits per heavy atom. The highest BCUT2D eigenvalue weighted by molar-refractivity contribution is 7.98. The lowest BCUT2D eigenvalue weighted by Gasteiger charge is -2.24. The van der Waals surface area contributed by atoms with Gasteiger partial charge in [-0.1, -0.05) is 6.07 Å². The van der Waals surface area contributed by atoms with E-state index in [1.807, 2.05) is 38.4 Å². The SMILES string of the molecule is COc1cccc2sc(C(=O)N(C)C(C)CSC)c(N)c12. The van der Waals surface area contributed by atoms with Crippen molar-refractivity contribution in [3.05, 3.63) is 23.1 Å². The zero-order chi connectivity index (χ0) is 15.6.